The first kappa shape index (κ1) is 26.1. The largest absolute Gasteiger partial charge is 0.448 e. The molecule has 0 unspecified atom stereocenters. The van der Waals surface area contributed by atoms with Gasteiger partial charge >= 0.3 is 5.84 Å². The second kappa shape index (κ2) is 10.0. The first-order valence-corrected chi connectivity index (χ1v) is 12.2. The molecule has 0 aromatic carbocycles. The van der Waals surface area contributed by atoms with E-state index >= 15 is 0 Å². The zero-order valence-corrected chi connectivity index (χ0v) is 23.1. The van der Waals surface area contributed by atoms with E-state index in [4.69, 9.17) is 4.98 Å². The van der Waals surface area contributed by atoms with E-state index in [2.05, 4.69) is 113 Å². The van der Waals surface area contributed by atoms with E-state index in [0.29, 0.717) is 4.48 Å². The van der Waals surface area contributed by atoms with E-state index in [1.54, 1.807) is 0 Å². The van der Waals surface area contributed by atoms with Gasteiger partial charge in [0.15, 0.2) is 5.48 Å². The third-order valence-corrected chi connectivity index (χ3v) is 7.05. The number of imidazole rings is 1. The highest BCUT2D eigenvalue weighted by Crippen LogP contribution is 2.31. The molecule has 1 aromatic rings. The van der Waals surface area contributed by atoms with Crippen LogP contribution in [-0.2, 0) is 0 Å². The highest BCUT2D eigenvalue weighted by molar-refractivity contribution is 6.03. The summed E-state index contributed by atoms with van der Waals surface area (Å²) >= 11 is 0. The van der Waals surface area contributed by atoms with Crippen LogP contribution in [0.3, 0.4) is 0 Å². The van der Waals surface area contributed by atoms with Gasteiger partial charge in [-0.3, -0.25) is 4.48 Å². The van der Waals surface area contributed by atoms with Crippen LogP contribution in [0, 0.1) is 0 Å². The molecule has 1 aromatic heterocycles. The third kappa shape index (κ3) is 4.71. The third-order valence-electron chi connectivity index (χ3n) is 7.05. The van der Waals surface area contributed by atoms with E-state index < -0.39 is 0 Å². The zero-order chi connectivity index (χ0) is 26.1. The van der Waals surface area contributed by atoms with E-state index in [1.807, 2.05) is 31.8 Å². The minimum absolute atomic E-state index is 0.667. The summed E-state index contributed by atoms with van der Waals surface area (Å²) in [5, 5.41) is 1.00. The van der Waals surface area contributed by atoms with Crippen LogP contribution < -0.4 is 16.3 Å². The van der Waals surface area contributed by atoms with Crippen molar-refractivity contribution >= 4 is 24.2 Å². The number of quaternary nitrogens is 1. The van der Waals surface area contributed by atoms with Gasteiger partial charge in [0.05, 0.1) is 25.6 Å². The van der Waals surface area contributed by atoms with Crippen molar-refractivity contribution in [3.63, 3.8) is 0 Å². The number of rotatable bonds is 1. The molecular weight excluding hydrogens is 432 g/mol. The first-order chi connectivity index (χ1) is 16.5. The predicted molar refractivity (Wildman–Crippen MR) is 148 cm³/mol. The lowest BCUT2D eigenvalue weighted by atomic mass is 9.97. The van der Waals surface area contributed by atoms with E-state index in [-0.39, 0.29) is 0 Å². The van der Waals surface area contributed by atoms with Gasteiger partial charge in [0.2, 0.25) is 6.21 Å². The summed E-state index contributed by atoms with van der Waals surface area (Å²) in [6.07, 6.45) is 17.2. The molecular formula is C29H41N6+3. The molecule has 0 saturated carbocycles. The zero-order valence-electron chi connectivity index (χ0n) is 23.1. The maximum Gasteiger partial charge on any atom is 0.448 e. The van der Waals surface area contributed by atoms with Crippen LogP contribution in [0.25, 0.3) is 12.2 Å². The maximum atomic E-state index is 4.71. The number of nitrogens with zero attached hydrogens (tertiary/aromatic N) is 5. The summed E-state index contributed by atoms with van der Waals surface area (Å²) in [5.74, 6) is 1.04. The van der Waals surface area contributed by atoms with Gasteiger partial charge in [-0.25, -0.2) is 9.66 Å². The van der Waals surface area contributed by atoms with Gasteiger partial charge in [-0.2, -0.15) is 0 Å². The number of amidine groups is 1. The molecule has 4 rings (SSSR count). The Bertz CT molecular complexity index is 1410. The van der Waals surface area contributed by atoms with Crippen molar-refractivity contribution in [2.75, 3.05) is 40.7 Å². The molecule has 0 saturated heterocycles. The molecule has 184 valence electrons. The Morgan fingerprint density at radius 3 is 2.20 bits per heavy atom. The van der Waals surface area contributed by atoms with Crippen LogP contribution in [-0.4, -0.2) is 70.6 Å². The first-order valence-electron chi connectivity index (χ1n) is 12.2. The highest BCUT2D eigenvalue weighted by atomic mass is 15.4. The second-order valence-corrected chi connectivity index (χ2v) is 9.35. The van der Waals surface area contributed by atoms with Crippen LogP contribution in [0.5, 0.6) is 0 Å². The van der Waals surface area contributed by atoms with Crippen molar-refractivity contribution in [2.45, 2.75) is 34.6 Å². The summed E-state index contributed by atoms with van der Waals surface area (Å²) in [6.45, 7) is 14.9. The van der Waals surface area contributed by atoms with Crippen molar-refractivity contribution in [3.05, 3.63) is 87.3 Å². The average Bonchev–Trinajstić information content (AvgIpc) is 3.43. The van der Waals surface area contributed by atoms with Gasteiger partial charge in [0.25, 0.3) is 5.70 Å². The van der Waals surface area contributed by atoms with Crippen molar-refractivity contribution < 1.29 is 13.6 Å². The molecule has 0 fully saturated rings. The fourth-order valence-electron chi connectivity index (χ4n) is 4.41. The summed E-state index contributed by atoms with van der Waals surface area (Å²) in [5.41, 5.74) is 12.4. The number of likely N-dealkylation sites (N-methyl/N-ethyl adjacent to an activating group) is 1. The minimum atomic E-state index is 0.667. The highest BCUT2D eigenvalue weighted by Gasteiger charge is 2.32. The summed E-state index contributed by atoms with van der Waals surface area (Å²) in [7, 11) is 10.5. The lowest BCUT2D eigenvalue weighted by Crippen LogP contribution is -2.38. The lowest BCUT2D eigenvalue weighted by molar-refractivity contribution is -0.801. The fourth-order valence-corrected chi connectivity index (χ4v) is 4.41. The number of hydrogen-bond acceptors (Lipinski definition) is 2. The number of allylic oxidation sites excluding steroid dienone is 10. The normalized spacial score (nSPS) is 26.3. The van der Waals surface area contributed by atoms with Crippen LogP contribution in [0.2, 0.25) is 0 Å². The monoisotopic (exact) mass is 473 g/mol. The van der Waals surface area contributed by atoms with Crippen molar-refractivity contribution in [1.82, 2.24) is 9.66 Å². The van der Waals surface area contributed by atoms with Crippen LogP contribution in [0.1, 0.15) is 34.6 Å². The number of fused-ring (bicyclic) bond motifs is 5. The molecule has 0 spiro atoms. The van der Waals surface area contributed by atoms with Crippen molar-refractivity contribution in [2.24, 2.45) is 0 Å². The number of hydrogen-bond donors (Lipinski definition) is 1. The Morgan fingerprint density at radius 2 is 1.57 bits per heavy atom. The van der Waals surface area contributed by atoms with Crippen molar-refractivity contribution in [3.8, 4) is 0 Å². The molecule has 1 N–H and O–H groups in total. The quantitative estimate of drug-likeness (QED) is 0.503. The van der Waals surface area contributed by atoms with E-state index in [9.17, 15) is 0 Å². The molecule has 3 aliphatic rings. The van der Waals surface area contributed by atoms with Gasteiger partial charge in [-0.15, -0.1) is 9.15 Å². The van der Waals surface area contributed by atoms with Gasteiger partial charge < -0.3 is 5.43 Å². The molecule has 0 atom stereocenters. The molecule has 0 amide bonds. The van der Waals surface area contributed by atoms with E-state index in [1.165, 1.54) is 28.1 Å². The minimum Gasteiger partial charge on any atom is -0.327 e. The standard InChI is InChI=1S/C27H35N6.C2H6/c1-18-12-23-17-30(6)27(31(23)7)15-26-29-16-22(32(26)28-5)14-25-11-10-24(33(25,8)9)13-19(2)21(4)20(18)3;1-2/h10-17,28H,1H2,2-9H3;1-2H3/q+3;/b19-13+,21-20-,22-14-,23-12-;. The summed E-state index contributed by atoms with van der Waals surface area (Å²) in [6, 6.07) is 0. The topological polar surface area (TPSA) is 35.9 Å². The molecule has 6 nitrogen and oxygen atoms in total. The van der Waals surface area contributed by atoms with Crippen LogP contribution in [0.4, 0.5) is 0 Å². The maximum absolute atomic E-state index is 4.71. The number of nitrogens with one attached hydrogen (secondary N) is 1. The molecule has 0 aliphatic carbocycles. The molecule has 4 heterocycles. The van der Waals surface area contributed by atoms with Crippen molar-refractivity contribution in [1.29, 1.82) is 0 Å². The van der Waals surface area contributed by atoms with Gasteiger partial charge in [0.1, 0.15) is 31.6 Å². The second-order valence-electron chi connectivity index (χ2n) is 9.35. The SMILES string of the molecule is C=C1/C=C2/C=[N+](C)C(=[N+]2C)/C=c2/nc/c(n2NC)=C/C2=CC=C(/C=C(C)/C(C)=C\1C)[N+]2(C)C.CC. The fraction of sp³-hybridized carbons (Fsp3) is 0.345. The molecule has 3 aliphatic heterocycles. The van der Waals surface area contributed by atoms with Gasteiger partial charge in [0, 0.05) is 37.4 Å². The number of aromatic nitrogens is 2. The van der Waals surface area contributed by atoms with Crippen LogP contribution in [0.15, 0.2) is 76.5 Å². The average molecular weight is 474 g/mol. The Hall–Kier alpha value is -3.51. The molecule has 6 bridgehead atoms. The van der Waals surface area contributed by atoms with Gasteiger partial charge in [-0.05, 0) is 43.1 Å². The lowest BCUT2D eigenvalue weighted by Gasteiger charge is -2.27. The molecule has 35 heavy (non-hydrogen) atoms. The van der Waals surface area contributed by atoms with Crippen LogP contribution >= 0.6 is 0 Å². The van der Waals surface area contributed by atoms with Gasteiger partial charge in [-0.1, -0.05) is 20.4 Å². The Balaban J connectivity index is 0.00000167. The Labute approximate surface area is 210 Å². The molecule has 6 heteroatoms. The summed E-state index contributed by atoms with van der Waals surface area (Å²) in [4.78, 5) is 4.71. The smallest absolute Gasteiger partial charge is 0.327 e. The summed E-state index contributed by atoms with van der Waals surface area (Å²) < 4.78 is 6.97. The van der Waals surface area contributed by atoms with E-state index in [0.717, 1.165) is 27.9 Å². The molecule has 0 radical (unpaired) electrons. The predicted octanol–water partition coefficient (Wildman–Crippen LogP) is 3.01. The Morgan fingerprint density at radius 1 is 0.943 bits per heavy atom. The Kier molecular flexibility index (Phi) is 7.46.